The first kappa shape index (κ1) is 16.7. The Morgan fingerprint density at radius 1 is 1.23 bits per heavy atom. The highest BCUT2D eigenvalue weighted by Crippen LogP contribution is 2.40. The average Bonchev–Trinajstić information content (AvgIpc) is 3.34. The summed E-state index contributed by atoms with van der Waals surface area (Å²) in [5.74, 6) is -0.111. The van der Waals surface area contributed by atoms with Crippen molar-refractivity contribution < 1.29 is 23.5 Å². The molecule has 1 amide bonds. The predicted octanol–water partition coefficient (Wildman–Crippen LogP) is 4.03. The van der Waals surface area contributed by atoms with Crippen LogP contribution in [0.5, 0.6) is 5.75 Å². The van der Waals surface area contributed by atoms with Gasteiger partial charge in [-0.25, -0.2) is 4.79 Å². The minimum absolute atomic E-state index is 0.161. The van der Waals surface area contributed by atoms with Gasteiger partial charge in [0.05, 0.1) is 19.8 Å². The first-order valence-corrected chi connectivity index (χ1v) is 9.04. The van der Waals surface area contributed by atoms with Gasteiger partial charge in [-0.2, -0.15) is 0 Å². The van der Waals surface area contributed by atoms with Gasteiger partial charge in [0.15, 0.2) is 17.1 Å². The molecule has 26 heavy (non-hydrogen) atoms. The van der Waals surface area contributed by atoms with Gasteiger partial charge in [0.2, 0.25) is 0 Å². The molecule has 0 aliphatic heterocycles. The maximum atomic E-state index is 12.7. The number of hydrogen-bond donors (Lipinski definition) is 1. The summed E-state index contributed by atoms with van der Waals surface area (Å²) in [4.78, 5) is 26.0. The standard InChI is InChI=1S/C19H17NO5S/c1-23-12-7-3-5-10-9-13(25-16(10)12)17(21)20-18-15(19(22)24-2)11-6-4-8-14(11)26-18/h3,5,7,9H,4,6,8H2,1-2H3,(H,20,21). The van der Waals surface area contributed by atoms with Crippen LogP contribution in [-0.4, -0.2) is 26.1 Å². The number of esters is 1. The van der Waals surface area contributed by atoms with Gasteiger partial charge in [0.25, 0.3) is 5.91 Å². The Kier molecular flexibility index (Phi) is 4.16. The van der Waals surface area contributed by atoms with Crippen molar-refractivity contribution >= 4 is 39.2 Å². The zero-order valence-electron chi connectivity index (χ0n) is 14.4. The molecular weight excluding hydrogens is 354 g/mol. The Morgan fingerprint density at radius 3 is 2.85 bits per heavy atom. The van der Waals surface area contributed by atoms with E-state index in [4.69, 9.17) is 13.9 Å². The van der Waals surface area contributed by atoms with E-state index in [0.29, 0.717) is 21.9 Å². The van der Waals surface area contributed by atoms with E-state index in [1.165, 1.54) is 18.4 Å². The van der Waals surface area contributed by atoms with Crippen molar-refractivity contribution in [3.63, 3.8) is 0 Å². The Morgan fingerprint density at radius 2 is 2.08 bits per heavy atom. The minimum Gasteiger partial charge on any atom is -0.493 e. The Bertz CT molecular complexity index is 1020. The molecule has 134 valence electrons. The number of thiophene rings is 1. The monoisotopic (exact) mass is 371 g/mol. The molecule has 4 rings (SSSR count). The fourth-order valence-corrected chi connectivity index (χ4v) is 4.56. The third kappa shape index (κ3) is 2.64. The highest BCUT2D eigenvalue weighted by atomic mass is 32.1. The third-order valence-electron chi connectivity index (χ3n) is 4.49. The topological polar surface area (TPSA) is 77.8 Å². The number of benzene rings is 1. The molecule has 1 aliphatic rings. The molecule has 1 N–H and O–H groups in total. The number of amides is 1. The second-order valence-corrected chi connectivity index (χ2v) is 7.10. The number of methoxy groups -OCH3 is 2. The van der Waals surface area contributed by atoms with E-state index in [9.17, 15) is 9.59 Å². The van der Waals surface area contributed by atoms with Crippen molar-refractivity contribution in [3.8, 4) is 5.75 Å². The third-order valence-corrected chi connectivity index (χ3v) is 5.70. The maximum absolute atomic E-state index is 12.7. The van der Waals surface area contributed by atoms with E-state index < -0.39 is 11.9 Å². The number of carbonyl (C=O) groups excluding carboxylic acids is 2. The highest BCUT2D eigenvalue weighted by molar-refractivity contribution is 7.17. The lowest BCUT2D eigenvalue weighted by molar-refractivity contribution is 0.0601. The summed E-state index contributed by atoms with van der Waals surface area (Å²) >= 11 is 1.43. The van der Waals surface area contributed by atoms with Crippen LogP contribution in [0.3, 0.4) is 0 Å². The lowest BCUT2D eigenvalue weighted by atomic mass is 10.1. The number of anilines is 1. The van der Waals surface area contributed by atoms with Crippen molar-refractivity contribution in [2.45, 2.75) is 19.3 Å². The molecule has 0 fully saturated rings. The summed E-state index contributed by atoms with van der Waals surface area (Å²) in [5, 5.41) is 4.10. The second kappa shape index (κ2) is 6.49. The molecule has 1 aromatic carbocycles. The second-order valence-electron chi connectivity index (χ2n) is 6.00. The van der Waals surface area contributed by atoms with Crippen LogP contribution < -0.4 is 10.1 Å². The zero-order chi connectivity index (χ0) is 18.3. The van der Waals surface area contributed by atoms with Crippen molar-refractivity contribution in [1.82, 2.24) is 0 Å². The van der Waals surface area contributed by atoms with Gasteiger partial charge >= 0.3 is 5.97 Å². The molecule has 2 aromatic heterocycles. The Balaban J connectivity index is 1.68. The van der Waals surface area contributed by atoms with Crippen LogP contribution in [0.25, 0.3) is 11.0 Å². The predicted molar refractivity (Wildman–Crippen MR) is 98.4 cm³/mol. The summed E-state index contributed by atoms with van der Waals surface area (Å²) in [6.45, 7) is 0. The quantitative estimate of drug-likeness (QED) is 0.701. The van der Waals surface area contributed by atoms with Crippen LogP contribution in [0.1, 0.15) is 37.8 Å². The molecule has 0 unspecified atom stereocenters. The lowest BCUT2D eigenvalue weighted by Gasteiger charge is -2.05. The number of para-hydroxylation sites is 1. The normalized spacial score (nSPS) is 12.8. The first-order valence-electron chi connectivity index (χ1n) is 8.23. The van der Waals surface area contributed by atoms with Gasteiger partial charge in [-0.3, -0.25) is 4.79 Å². The van der Waals surface area contributed by atoms with Crippen molar-refractivity contribution in [3.05, 3.63) is 46.0 Å². The molecule has 3 aromatic rings. The van der Waals surface area contributed by atoms with Crippen LogP contribution in [0.4, 0.5) is 5.00 Å². The number of ether oxygens (including phenoxy) is 2. The van der Waals surface area contributed by atoms with Gasteiger partial charge in [-0.1, -0.05) is 12.1 Å². The van der Waals surface area contributed by atoms with Crippen LogP contribution in [0.15, 0.2) is 28.7 Å². The van der Waals surface area contributed by atoms with Crippen LogP contribution >= 0.6 is 11.3 Å². The van der Waals surface area contributed by atoms with Crippen LogP contribution in [0.2, 0.25) is 0 Å². The van der Waals surface area contributed by atoms with Gasteiger partial charge < -0.3 is 19.2 Å². The number of hydrogen-bond acceptors (Lipinski definition) is 6. The number of carbonyl (C=O) groups is 2. The SMILES string of the molecule is COC(=O)c1c(NC(=O)c2cc3cccc(OC)c3o2)sc2c1CCC2. The van der Waals surface area contributed by atoms with Crippen molar-refractivity contribution in [1.29, 1.82) is 0 Å². The molecule has 1 aliphatic carbocycles. The van der Waals surface area contributed by atoms with Gasteiger partial charge in [-0.05, 0) is 37.0 Å². The lowest BCUT2D eigenvalue weighted by Crippen LogP contribution is -2.14. The minimum atomic E-state index is -0.425. The van der Waals surface area contributed by atoms with Crippen LogP contribution in [-0.2, 0) is 17.6 Å². The molecule has 0 bridgehead atoms. The molecule has 0 saturated heterocycles. The summed E-state index contributed by atoms with van der Waals surface area (Å²) in [7, 11) is 2.89. The number of rotatable bonds is 4. The van der Waals surface area contributed by atoms with Gasteiger partial charge in [-0.15, -0.1) is 11.3 Å². The maximum Gasteiger partial charge on any atom is 0.341 e. The molecule has 0 saturated carbocycles. The molecule has 0 atom stereocenters. The van der Waals surface area contributed by atoms with E-state index in [0.717, 1.165) is 35.1 Å². The van der Waals surface area contributed by atoms with E-state index in [-0.39, 0.29) is 5.76 Å². The first-order chi connectivity index (χ1) is 12.6. The molecule has 6 nitrogen and oxygen atoms in total. The number of nitrogens with one attached hydrogen (secondary N) is 1. The fourth-order valence-electron chi connectivity index (χ4n) is 3.28. The van der Waals surface area contributed by atoms with E-state index in [1.54, 1.807) is 19.2 Å². The summed E-state index contributed by atoms with van der Waals surface area (Å²) in [5.41, 5.74) is 1.97. The summed E-state index contributed by atoms with van der Waals surface area (Å²) in [6.07, 6.45) is 2.76. The Hall–Kier alpha value is -2.80. The van der Waals surface area contributed by atoms with Gasteiger partial charge in [0, 0.05) is 10.3 Å². The average molecular weight is 371 g/mol. The Labute approximate surface area is 153 Å². The largest absolute Gasteiger partial charge is 0.493 e. The van der Waals surface area contributed by atoms with Gasteiger partial charge in [0.1, 0.15) is 5.00 Å². The van der Waals surface area contributed by atoms with Crippen LogP contribution in [0, 0.1) is 0 Å². The molecule has 7 heteroatoms. The fraction of sp³-hybridized carbons (Fsp3) is 0.263. The molecule has 0 radical (unpaired) electrons. The number of fused-ring (bicyclic) bond motifs is 2. The van der Waals surface area contributed by atoms with E-state index in [2.05, 4.69) is 5.32 Å². The van der Waals surface area contributed by atoms with E-state index >= 15 is 0 Å². The summed E-state index contributed by atoms with van der Waals surface area (Å²) < 4.78 is 15.8. The smallest absolute Gasteiger partial charge is 0.341 e. The van der Waals surface area contributed by atoms with E-state index in [1.807, 2.05) is 12.1 Å². The molecule has 2 heterocycles. The number of aryl methyl sites for hydroxylation is 1. The van der Waals surface area contributed by atoms with Crippen molar-refractivity contribution in [2.24, 2.45) is 0 Å². The van der Waals surface area contributed by atoms with Crippen molar-refractivity contribution in [2.75, 3.05) is 19.5 Å². The molecular formula is C19H17NO5S. The highest BCUT2D eigenvalue weighted by Gasteiger charge is 2.28. The number of furan rings is 1. The zero-order valence-corrected chi connectivity index (χ0v) is 15.2. The summed E-state index contributed by atoms with van der Waals surface area (Å²) in [6, 6.07) is 7.11. The molecule has 0 spiro atoms.